The van der Waals surface area contributed by atoms with Gasteiger partial charge in [0.1, 0.15) is 12.9 Å². The van der Waals surface area contributed by atoms with Crippen molar-refractivity contribution in [1.82, 2.24) is 0 Å². The fraction of sp³-hybridized carbons (Fsp3) is 0.286. The lowest BCUT2D eigenvalue weighted by Crippen LogP contribution is -2.61. The molecular formula is C56H59B2N2O. The summed E-state index contributed by atoms with van der Waals surface area (Å²) in [6.45, 7) is 11.4. The summed E-state index contributed by atoms with van der Waals surface area (Å²) >= 11 is 0. The van der Waals surface area contributed by atoms with E-state index in [4.69, 9.17) is 4.42 Å². The van der Waals surface area contributed by atoms with Crippen LogP contribution in [0.5, 0.6) is 0 Å². The van der Waals surface area contributed by atoms with Gasteiger partial charge in [0, 0.05) is 33.7 Å². The smallest absolute Gasteiger partial charge is 0.297 e. The molecule has 7 aromatic rings. The first-order valence-corrected chi connectivity index (χ1v) is 23.2. The summed E-state index contributed by atoms with van der Waals surface area (Å²) in [5.41, 5.74) is 19.5. The highest BCUT2D eigenvalue weighted by atomic mass is 16.3. The number of hydrogen-bond donors (Lipinski definition) is 0. The molecule has 1 radical (unpaired) electrons. The van der Waals surface area contributed by atoms with Crippen LogP contribution in [0.1, 0.15) is 108 Å². The monoisotopic (exact) mass is 797 g/mol. The van der Waals surface area contributed by atoms with E-state index in [9.17, 15) is 0 Å². The number of unbranched alkanes of at least 4 members (excludes halogenated alkanes) is 3. The Morgan fingerprint density at radius 1 is 0.656 bits per heavy atom. The first kappa shape index (κ1) is 40.7. The highest BCUT2D eigenvalue weighted by molar-refractivity contribution is 7.00. The predicted octanol–water partition coefficient (Wildman–Crippen LogP) is 14.3. The van der Waals surface area contributed by atoms with E-state index >= 15 is 0 Å². The van der Waals surface area contributed by atoms with Gasteiger partial charge >= 0.3 is 0 Å². The summed E-state index contributed by atoms with van der Waals surface area (Å²) in [5.74, 6) is 2.63. The minimum Gasteiger partial charge on any atom is -0.468 e. The molecule has 0 amide bonds. The quantitative estimate of drug-likeness (QED) is 0.0908. The van der Waals surface area contributed by atoms with Gasteiger partial charge in [0.2, 0.25) is 0 Å². The summed E-state index contributed by atoms with van der Waals surface area (Å²) in [4.78, 5) is 5.08. The van der Waals surface area contributed by atoms with Crippen LogP contribution in [0, 0.1) is 0 Å². The van der Waals surface area contributed by atoms with Gasteiger partial charge in [-0.25, -0.2) is 0 Å². The molecule has 0 fully saturated rings. The summed E-state index contributed by atoms with van der Waals surface area (Å²) in [6, 6.07) is 48.5. The maximum atomic E-state index is 7.28. The minimum atomic E-state index is -0.0793. The van der Waals surface area contributed by atoms with Gasteiger partial charge in [0.25, 0.3) is 6.71 Å². The molecule has 0 spiro atoms. The molecule has 3 heterocycles. The van der Waals surface area contributed by atoms with Gasteiger partial charge in [-0.2, -0.15) is 0 Å². The van der Waals surface area contributed by atoms with Crippen LogP contribution in [0.15, 0.2) is 138 Å². The van der Waals surface area contributed by atoms with Crippen molar-refractivity contribution in [3.8, 4) is 11.1 Å². The standard InChI is InChI=1S/C56H59B2N2O/c1-6-10-17-39(5)44-28-32-50-48(38-44)58-54-51(22-16-23-52(54)60(50)49-31-26-42(34-35-57-9-4)36-46(49)43-20-14-13-15-21-43)59(45-29-24-40(25-30-45)18-11-7-2)55-47-37-41(19-12-8-3)27-33-53(47)61-56(55)58/h13-16,20-39H,6-12,17-19H2,1-5H3/b35-34+. The molecule has 3 nitrogen and oxygen atoms in total. The van der Waals surface area contributed by atoms with Crippen LogP contribution in [0.3, 0.4) is 0 Å². The average Bonchev–Trinajstić information content (AvgIpc) is 3.68. The first-order chi connectivity index (χ1) is 30.0. The Morgan fingerprint density at radius 3 is 2.13 bits per heavy atom. The Morgan fingerprint density at radius 2 is 1.38 bits per heavy atom. The van der Waals surface area contributed by atoms with Crippen molar-refractivity contribution < 1.29 is 4.42 Å². The zero-order chi connectivity index (χ0) is 41.9. The molecular weight excluding hydrogens is 738 g/mol. The lowest BCUT2D eigenvalue weighted by Gasteiger charge is -2.43. The second kappa shape index (κ2) is 18.1. The third-order valence-electron chi connectivity index (χ3n) is 13.1. The van der Waals surface area contributed by atoms with Crippen LogP contribution in [-0.2, 0) is 12.8 Å². The van der Waals surface area contributed by atoms with Crippen molar-refractivity contribution >= 4 is 81.7 Å². The number of anilines is 6. The Hall–Kier alpha value is -5.67. The number of rotatable bonds is 16. The molecule has 0 saturated heterocycles. The second-order valence-electron chi connectivity index (χ2n) is 17.3. The van der Waals surface area contributed by atoms with E-state index in [1.807, 2.05) is 0 Å². The van der Waals surface area contributed by atoms with Crippen LogP contribution in [0.25, 0.3) is 28.2 Å². The number of aryl methyl sites for hydroxylation is 2. The fourth-order valence-corrected chi connectivity index (χ4v) is 9.75. The van der Waals surface area contributed by atoms with Gasteiger partial charge in [-0.1, -0.05) is 145 Å². The maximum Gasteiger partial charge on any atom is 0.297 e. The number of fused-ring (bicyclic) bond motifs is 6. The molecule has 0 bridgehead atoms. The Bertz CT molecular complexity index is 2660. The molecule has 61 heavy (non-hydrogen) atoms. The molecule has 1 unspecified atom stereocenters. The van der Waals surface area contributed by atoms with Crippen LogP contribution in [0.2, 0.25) is 6.32 Å². The van der Waals surface area contributed by atoms with E-state index in [1.54, 1.807) is 0 Å². The molecule has 1 atom stereocenters. The van der Waals surface area contributed by atoms with Gasteiger partial charge in [0.15, 0.2) is 0 Å². The fourth-order valence-electron chi connectivity index (χ4n) is 9.75. The summed E-state index contributed by atoms with van der Waals surface area (Å²) in [5, 5.41) is 1.20. The van der Waals surface area contributed by atoms with Crippen molar-refractivity contribution in [3.63, 3.8) is 0 Å². The molecule has 0 N–H and O–H groups in total. The average molecular weight is 798 g/mol. The van der Waals surface area contributed by atoms with Crippen molar-refractivity contribution in [2.45, 2.75) is 105 Å². The van der Waals surface area contributed by atoms with Gasteiger partial charge in [-0.05, 0) is 131 Å². The maximum absolute atomic E-state index is 7.28. The van der Waals surface area contributed by atoms with Crippen molar-refractivity contribution in [2.24, 2.45) is 0 Å². The van der Waals surface area contributed by atoms with E-state index in [1.165, 1.54) is 129 Å². The minimum absolute atomic E-state index is 0.0793. The van der Waals surface area contributed by atoms with E-state index in [2.05, 4.69) is 191 Å². The SMILES string of the molecule is CC[B]/C=C/c1ccc(N2c3ccc(C(C)CCCC)cc3B3c4oc5ccc(CCCC)cc5c4N(c4ccc(CCCC)cc4)c4cccc2c43)c(-c2ccccc2)c1. The molecule has 5 heteroatoms. The number of furan rings is 1. The van der Waals surface area contributed by atoms with E-state index < -0.39 is 0 Å². The Labute approximate surface area is 365 Å². The van der Waals surface area contributed by atoms with Gasteiger partial charge < -0.3 is 14.2 Å². The number of nitrogens with zero attached hydrogens (tertiary/aromatic N) is 2. The summed E-state index contributed by atoms with van der Waals surface area (Å²) < 4.78 is 7.28. The van der Waals surface area contributed by atoms with E-state index in [-0.39, 0.29) is 6.71 Å². The predicted molar refractivity (Wildman–Crippen MR) is 266 cm³/mol. The normalized spacial score (nSPS) is 13.4. The van der Waals surface area contributed by atoms with Gasteiger partial charge in [-0.15, -0.1) is 5.98 Å². The summed E-state index contributed by atoms with van der Waals surface area (Å²) in [7, 11) is 2.22. The topological polar surface area (TPSA) is 19.6 Å². The molecule has 2 aliphatic heterocycles. The molecule has 6 aromatic carbocycles. The molecule has 305 valence electrons. The van der Waals surface area contributed by atoms with Crippen LogP contribution in [-0.4, -0.2) is 14.0 Å². The lowest BCUT2D eigenvalue weighted by molar-refractivity contribution is 0.624. The second-order valence-corrected chi connectivity index (χ2v) is 17.3. The Balaban J connectivity index is 1.32. The molecule has 0 aliphatic carbocycles. The largest absolute Gasteiger partial charge is 0.468 e. The van der Waals surface area contributed by atoms with E-state index in [0.29, 0.717) is 5.92 Å². The molecule has 2 aliphatic rings. The molecule has 0 saturated carbocycles. The first-order valence-electron chi connectivity index (χ1n) is 23.2. The van der Waals surface area contributed by atoms with Gasteiger partial charge in [-0.3, -0.25) is 0 Å². The highest BCUT2D eigenvalue weighted by Crippen LogP contribution is 2.48. The van der Waals surface area contributed by atoms with Crippen molar-refractivity contribution in [2.75, 3.05) is 9.80 Å². The van der Waals surface area contributed by atoms with Crippen molar-refractivity contribution in [1.29, 1.82) is 0 Å². The number of hydrogen-bond acceptors (Lipinski definition) is 3. The Kier molecular flexibility index (Phi) is 12.1. The molecule has 1 aromatic heterocycles. The summed E-state index contributed by atoms with van der Waals surface area (Å²) in [6.07, 6.45) is 13.7. The van der Waals surface area contributed by atoms with Crippen LogP contribution >= 0.6 is 0 Å². The third kappa shape index (κ3) is 7.78. The lowest BCUT2D eigenvalue weighted by atomic mass is 9.35. The van der Waals surface area contributed by atoms with Crippen molar-refractivity contribution in [3.05, 3.63) is 156 Å². The van der Waals surface area contributed by atoms with Gasteiger partial charge in [0.05, 0.1) is 17.0 Å². The zero-order valence-electron chi connectivity index (χ0n) is 36.9. The third-order valence-corrected chi connectivity index (χ3v) is 13.1. The highest BCUT2D eigenvalue weighted by Gasteiger charge is 2.47. The van der Waals surface area contributed by atoms with Crippen LogP contribution in [0.4, 0.5) is 34.1 Å². The van der Waals surface area contributed by atoms with E-state index in [0.717, 1.165) is 30.4 Å². The zero-order valence-corrected chi connectivity index (χ0v) is 36.9. The van der Waals surface area contributed by atoms with Crippen LogP contribution < -0.4 is 26.4 Å². The number of benzene rings is 6. The molecule has 9 rings (SSSR count).